The van der Waals surface area contributed by atoms with Gasteiger partial charge in [-0.1, -0.05) is 17.7 Å². The molecule has 0 spiro atoms. The van der Waals surface area contributed by atoms with Crippen molar-refractivity contribution in [3.63, 3.8) is 0 Å². The molecule has 2 N–H and O–H groups in total. The van der Waals surface area contributed by atoms with Gasteiger partial charge in [0, 0.05) is 34.9 Å². The zero-order valence-electron chi connectivity index (χ0n) is 12.2. The molecular formula is C17H17ClN2O2. The minimum atomic E-state index is -0.0925. The number of rotatable bonds is 6. The summed E-state index contributed by atoms with van der Waals surface area (Å²) in [6.45, 7) is 2.02. The van der Waals surface area contributed by atoms with Crippen LogP contribution in [-0.2, 0) is 4.79 Å². The number of Topliss-reactive ketones (excluding diaryl/α,β-unsaturated/α-hetero) is 1. The first-order chi connectivity index (χ1) is 10.5. The van der Waals surface area contributed by atoms with E-state index >= 15 is 0 Å². The molecule has 114 valence electrons. The maximum absolute atomic E-state index is 11.8. The molecule has 0 atom stereocenters. The van der Waals surface area contributed by atoms with Crippen LogP contribution in [0, 0.1) is 0 Å². The van der Waals surface area contributed by atoms with Gasteiger partial charge in [0.1, 0.15) is 0 Å². The highest BCUT2D eigenvalue weighted by molar-refractivity contribution is 6.30. The van der Waals surface area contributed by atoms with Crippen molar-refractivity contribution >= 4 is 34.7 Å². The van der Waals surface area contributed by atoms with Gasteiger partial charge in [0.15, 0.2) is 5.78 Å². The van der Waals surface area contributed by atoms with Crippen molar-refractivity contribution in [1.29, 1.82) is 0 Å². The van der Waals surface area contributed by atoms with Gasteiger partial charge < -0.3 is 10.6 Å². The van der Waals surface area contributed by atoms with Gasteiger partial charge in [-0.05, 0) is 49.4 Å². The summed E-state index contributed by atoms with van der Waals surface area (Å²) in [6.07, 6.45) is 0.334. The lowest BCUT2D eigenvalue weighted by atomic mass is 10.1. The number of hydrogen-bond acceptors (Lipinski definition) is 3. The Bertz CT molecular complexity index is 669. The molecule has 0 saturated carbocycles. The Morgan fingerprint density at radius 2 is 1.77 bits per heavy atom. The Morgan fingerprint density at radius 3 is 2.41 bits per heavy atom. The maximum Gasteiger partial charge on any atom is 0.226 e. The van der Waals surface area contributed by atoms with Gasteiger partial charge in [-0.2, -0.15) is 0 Å². The first-order valence-electron chi connectivity index (χ1n) is 6.95. The van der Waals surface area contributed by atoms with E-state index < -0.39 is 0 Å². The SMILES string of the molecule is CC(=O)c1ccc(NC(=O)CCNc2cccc(Cl)c2)cc1. The first kappa shape index (κ1) is 16.0. The molecule has 0 bridgehead atoms. The van der Waals surface area contributed by atoms with E-state index in [0.29, 0.717) is 29.2 Å². The van der Waals surface area contributed by atoms with E-state index in [1.54, 1.807) is 36.4 Å². The molecule has 2 aromatic carbocycles. The van der Waals surface area contributed by atoms with Gasteiger partial charge in [-0.15, -0.1) is 0 Å². The molecule has 0 aliphatic rings. The third kappa shape index (κ3) is 4.90. The van der Waals surface area contributed by atoms with E-state index in [1.807, 2.05) is 12.1 Å². The number of hydrogen-bond donors (Lipinski definition) is 2. The van der Waals surface area contributed by atoms with E-state index in [9.17, 15) is 9.59 Å². The van der Waals surface area contributed by atoms with Crippen LogP contribution in [0.5, 0.6) is 0 Å². The van der Waals surface area contributed by atoms with Crippen molar-refractivity contribution < 1.29 is 9.59 Å². The highest BCUT2D eigenvalue weighted by Gasteiger charge is 2.04. The summed E-state index contributed by atoms with van der Waals surface area (Å²) < 4.78 is 0. The lowest BCUT2D eigenvalue weighted by Gasteiger charge is -2.08. The Hall–Kier alpha value is -2.33. The largest absolute Gasteiger partial charge is 0.384 e. The molecule has 2 aromatic rings. The van der Waals surface area contributed by atoms with Gasteiger partial charge in [0.2, 0.25) is 5.91 Å². The summed E-state index contributed by atoms with van der Waals surface area (Å²) in [5.74, 6) is -0.0892. The summed E-state index contributed by atoms with van der Waals surface area (Å²) >= 11 is 5.89. The number of carbonyl (C=O) groups excluding carboxylic acids is 2. The van der Waals surface area contributed by atoms with E-state index in [-0.39, 0.29) is 11.7 Å². The van der Waals surface area contributed by atoms with Crippen LogP contribution in [0.2, 0.25) is 5.02 Å². The van der Waals surface area contributed by atoms with Crippen molar-refractivity contribution in [1.82, 2.24) is 0 Å². The van der Waals surface area contributed by atoms with Crippen LogP contribution in [0.25, 0.3) is 0 Å². The molecule has 0 heterocycles. The maximum atomic E-state index is 11.8. The number of anilines is 2. The minimum Gasteiger partial charge on any atom is -0.384 e. The van der Waals surface area contributed by atoms with Gasteiger partial charge in [0.25, 0.3) is 0 Å². The van der Waals surface area contributed by atoms with Crippen LogP contribution in [-0.4, -0.2) is 18.2 Å². The number of benzene rings is 2. The molecule has 0 saturated heterocycles. The average molecular weight is 317 g/mol. The topological polar surface area (TPSA) is 58.2 Å². The van der Waals surface area contributed by atoms with Crippen LogP contribution in [0.1, 0.15) is 23.7 Å². The van der Waals surface area contributed by atoms with E-state index in [4.69, 9.17) is 11.6 Å². The molecule has 0 fully saturated rings. The lowest BCUT2D eigenvalue weighted by Crippen LogP contribution is -2.16. The predicted molar refractivity (Wildman–Crippen MR) is 89.6 cm³/mol. The Labute approximate surface area is 134 Å². The molecule has 0 radical (unpaired) electrons. The normalized spacial score (nSPS) is 10.1. The fourth-order valence-corrected chi connectivity index (χ4v) is 2.12. The zero-order chi connectivity index (χ0) is 15.9. The summed E-state index contributed by atoms with van der Waals surface area (Å²) in [4.78, 5) is 23.0. The quantitative estimate of drug-likeness (QED) is 0.792. The van der Waals surface area contributed by atoms with E-state index in [0.717, 1.165) is 5.69 Å². The van der Waals surface area contributed by atoms with Gasteiger partial charge in [-0.3, -0.25) is 9.59 Å². The van der Waals surface area contributed by atoms with Gasteiger partial charge >= 0.3 is 0 Å². The van der Waals surface area contributed by atoms with Crippen molar-refractivity contribution in [2.75, 3.05) is 17.2 Å². The summed E-state index contributed by atoms with van der Waals surface area (Å²) in [5.41, 5.74) is 2.18. The highest BCUT2D eigenvalue weighted by Crippen LogP contribution is 2.15. The van der Waals surface area contributed by atoms with Crippen LogP contribution in [0.15, 0.2) is 48.5 Å². The molecule has 1 amide bonds. The Kier molecular flexibility index (Phi) is 5.55. The number of halogens is 1. The zero-order valence-corrected chi connectivity index (χ0v) is 13.0. The van der Waals surface area contributed by atoms with E-state index in [1.165, 1.54) is 6.92 Å². The highest BCUT2D eigenvalue weighted by atomic mass is 35.5. The molecule has 0 unspecified atom stereocenters. The molecule has 4 nitrogen and oxygen atoms in total. The molecular weight excluding hydrogens is 300 g/mol. The Balaban J connectivity index is 1.79. The number of ketones is 1. The van der Waals surface area contributed by atoms with Crippen LogP contribution < -0.4 is 10.6 Å². The minimum absolute atomic E-state index is 0.00333. The van der Waals surface area contributed by atoms with Crippen LogP contribution >= 0.6 is 11.6 Å². The van der Waals surface area contributed by atoms with Crippen molar-refractivity contribution in [3.05, 3.63) is 59.1 Å². The van der Waals surface area contributed by atoms with Crippen LogP contribution in [0.4, 0.5) is 11.4 Å². The van der Waals surface area contributed by atoms with E-state index in [2.05, 4.69) is 10.6 Å². The van der Waals surface area contributed by atoms with Crippen molar-refractivity contribution in [3.8, 4) is 0 Å². The monoisotopic (exact) mass is 316 g/mol. The molecule has 5 heteroatoms. The Morgan fingerprint density at radius 1 is 1.05 bits per heavy atom. The summed E-state index contributed by atoms with van der Waals surface area (Å²) in [7, 11) is 0. The summed E-state index contributed by atoms with van der Waals surface area (Å²) in [5, 5.41) is 6.58. The third-order valence-corrected chi connectivity index (χ3v) is 3.32. The number of carbonyl (C=O) groups is 2. The standard InChI is InChI=1S/C17H17ClN2O2/c1-12(21)13-5-7-15(8-6-13)20-17(22)9-10-19-16-4-2-3-14(18)11-16/h2-8,11,19H,9-10H2,1H3,(H,20,22). The van der Waals surface area contributed by atoms with Crippen molar-refractivity contribution in [2.24, 2.45) is 0 Å². The average Bonchev–Trinajstić information content (AvgIpc) is 2.48. The molecule has 0 aliphatic heterocycles. The number of amides is 1. The smallest absolute Gasteiger partial charge is 0.226 e. The number of nitrogens with one attached hydrogen (secondary N) is 2. The molecule has 2 rings (SSSR count). The second kappa shape index (κ2) is 7.61. The lowest BCUT2D eigenvalue weighted by molar-refractivity contribution is -0.115. The van der Waals surface area contributed by atoms with Gasteiger partial charge in [-0.25, -0.2) is 0 Å². The predicted octanol–water partition coefficient (Wildman–Crippen LogP) is 3.98. The van der Waals surface area contributed by atoms with Gasteiger partial charge in [0.05, 0.1) is 0 Å². The van der Waals surface area contributed by atoms with Crippen molar-refractivity contribution in [2.45, 2.75) is 13.3 Å². The summed E-state index contributed by atoms with van der Waals surface area (Å²) in [6, 6.07) is 14.2. The fourth-order valence-electron chi connectivity index (χ4n) is 1.93. The third-order valence-electron chi connectivity index (χ3n) is 3.08. The first-order valence-corrected chi connectivity index (χ1v) is 7.33. The molecule has 0 aliphatic carbocycles. The molecule has 0 aromatic heterocycles. The molecule has 22 heavy (non-hydrogen) atoms. The second-order valence-electron chi connectivity index (χ2n) is 4.87. The fraction of sp³-hybridized carbons (Fsp3) is 0.176. The second-order valence-corrected chi connectivity index (χ2v) is 5.31. The van der Waals surface area contributed by atoms with Crippen LogP contribution in [0.3, 0.4) is 0 Å².